The molecule has 16 heavy (non-hydrogen) atoms. The normalized spacial score (nSPS) is 16.1. The molecule has 0 unspecified atom stereocenters. The number of hydrogen-bond donors (Lipinski definition) is 2. The number of nitrogens with two attached hydrogens (primary N) is 1. The minimum atomic E-state index is -0.379. The molecular formula is C12H19N3O. The maximum absolute atomic E-state index is 10.4. The molecule has 1 amide bonds. The Morgan fingerprint density at radius 2 is 1.81 bits per heavy atom. The molecule has 4 nitrogen and oxygen atoms in total. The van der Waals surface area contributed by atoms with Crippen LogP contribution in [0.2, 0.25) is 0 Å². The second-order valence-electron chi connectivity index (χ2n) is 3.78. The van der Waals surface area contributed by atoms with Crippen LogP contribution in [0.15, 0.2) is 30.3 Å². The quantitative estimate of drug-likeness (QED) is 0.717. The van der Waals surface area contributed by atoms with Crippen LogP contribution in [-0.4, -0.2) is 44.0 Å². The van der Waals surface area contributed by atoms with E-state index < -0.39 is 0 Å². The van der Waals surface area contributed by atoms with Gasteiger partial charge in [0.05, 0.1) is 0 Å². The number of amides is 1. The second-order valence-corrected chi connectivity index (χ2v) is 3.78. The Labute approximate surface area is 96.4 Å². The smallest absolute Gasteiger partial charge is 0.248 e. The highest BCUT2D eigenvalue weighted by molar-refractivity contribution is 5.92. The predicted octanol–water partition coefficient (Wildman–Crippen LogP) is 0.307. The highest BCUT2D eigenvalue weighted by Crippen LogP contribution is 1.94. The SMILES string of the molecule is CN1CCNCC1.NC(=O)c1ccccc1. The molecule has 0 spiro atoms. The summed E-state index contributed by atoms with van der Waals surface area (Å²) in [7, 11) is 2.15. The minimum absolute atomic E-state index is 0.379. The maximum atomic E-state index is 10.4. The first kappa shape index (κ1) is 12.7. The summed E-state index contributed by atoms with van der Waals surface area (Å²) in [6, 6.07) is 8.76. The third kappa shape index (κ3) is 4.91. The van der Waals surface area contributed by atoms with Gasteiger partial charge in [0.1, 0.15) is 0 Å². The van der Waals surface area contributed by atoms with E-state index in [-0.39, 0.29) is 5.91 Å². The lowest BCUT2D eigenvalue weighted by Gasteiger charge is -2.21. The van der Waals surface area contributed by atoms with Gasteiger partial charge in [-0.3, -0.25) is 4.79 Å². The lowest BCUT2D eigenvalue weighted by atomic mass is 10.2. The van der Waals surface area contributed by atoms with Crippen LogP contribution in [0.1, 0.15) is 10.4 Å². The molecule has 0 radical (unpaired) electrons. The molecule has 1 aliphatic rings. The van der Waals surface area contributed by atoms with Crippen LogP contribution in [0.5, 0.6) is 0 Å². The average Bonchev–Trinajstić information content (AvgIpc) is 2.32. The van der Waals surface area contributed by atoms with E-state index in [9.17, 15) is 4.79 Å². The number of nitrogens with zero attached hydrogens (tertiary/aromatic N) is 1. The zero-order valence-electron chi connectivity index (χ0n) is 9.65. The van der Waals surface area contributed by atoms with Gasteiger partial charge < -0.3 is 16.0 Å². The van der Waals surface area contributed by atoms with E-state index in [4.69, 9.17) is 5.73 Å². The van der Waals surface area contributed by atoms with Crippen LogP contribution in [0, 0.1) is 0 Å². The van der Waals surface area contributed by atoms with Crippen molar-refractivity contribution >= 4 is 5.91 Å². The van der Waals surface area contributed by atoms with E-state index in [0.717, 1.165) is 13.1 Å². The Balaban J connectivity index is 0.000000165. The minimum Gasteiger partial charge on any atom is -0.366 e. The molecule has 0 aliphatic carbocycles. The van der Waals surface area contributed by atoms with E-state index in [2.05, 4.69) is 17.3 Å². The number of hydrogen-bond acceptors (Lipinski definition) is 3. The molecule has 2 rings (SSSR count). The van der Waals surface area contributed by atoms with Crippen LogP contribution < -0.4 is 11.1 Å². The van der Waals surface area contributed by atoms with Gasteiger partial charge in [0.25, 0.3) is 0 Å². The summed E-state index contributed by atoms with van der Waals surface area (Å²) in [6.07, 6.45) is 0. The Morgan fingerprint density at radius 1 is 1.25 bits per heavy atom. The first-order valence-corrected chi connectivity index (χ1v) is 5.44. The van der Waals surface area contributed by atoms with Gasteiger partial charge in [0.2, 0.25) is 5.91 Å². The number of benzene rings is 1. The van der Waals surface area contributed by atoms with Crippen LogP contribution >= 0.6 is 0 Å². The number of carbonyl (C=O) groups is 1. The standard InChI is InChI=1S/C7H7NO.C5H12N2/c8-7(9)6-4-2-1-3-5-6;1-7-4-2-6-3-5-7/h1-5H,(H2,8,9);6H,2-5H2,1H3. The van der Waals surface area contributed by atoms with Crippen LogP contribution in [0.4, 0.5) is 0 Å². The molecule has 0 atom stereocenters. The van der Waals surface area contributed by atoms with Gasteiger partial charge >= 0.3 is 0 Å². The number of piperazine rings is 1. The topological polar surface area (TPSA) is 58.4 Å². The average molecular weight is 221 g/mol. The first-order chi connectivity index (χ1) is 7.70. The summed E-state index contributed by atoms with van der Waals surface area (Å²) in [4.78, 5) is 12.8. The number of likely N-dealkylation sites (N-methyl/N-ethyl adjacent to an activating group) is 1. The van der Waals surface area contributed by atoms with Crippen molar-refractivity contribution in [3.05, 3.63) is 35.9 Å². The highest BCUT2D eigenvalue weighted by Gasteiger charge is 2.01. The van der Waals surface area contributed by atoms with Crippen molar-refractivity contribution < 1.29 is 4.79 Å². The first-order valence-electron chi connectivity index (χ1n) is 5.44. The van der Waals surface area contributed by atoms with E-state index >= 15 is 0 Å². The summed E-state index contributed by atoms with van der Waals surface area (Å²) in [5.74, 6) is -0.379. The number of rotatable bonds is 1. The monoisotopic (exact) mass is 221 g/mol. The van der Waals surface area contributed by atoms with Crippen molar-refractivity contribution in [2.24, 2.45) is 5.73 Å². The van der Waals surface area contributed by atoms with Crippen LogP contribution in [0.3, 0.4) is 0 Å². The third-order valence-corrected chi connectivity index (χ3v) is 2.40. The van der Waals surface area contributed by atoms with E-state index in [1.807, 2.05) is 6.07 Å². The Kier molecular flexibility index (Phi) is 5.53. The Bertz CT molecular complexity index is 307. The van der Waals surface area contributed by atoms with E-state index in [1.165, 1.54) is 13.1 Å². The van der Waals surface area contributed by atoms with Crippen molar-refractivity contribution in [2.45, 2.75) is 0 Å². The fraction of sp³-hybridized carbons (Fsp3) is 0.417. The summed E-state index contributed by atoms with van der Waals surface area (Å²) in [5, 5.41) is 3.27. The van der Waals surface area contributed by atoms with Crippen LogP contribution in [-0.2, 0) is 0 Å². The molecule has 1 aromatic rings. The van der Waals surface area contributed by atoms with Gasteiger partial charge in [-0.1, -0.05) is 18.2 Å². The summed E-state index contributed by atoms with van der Waals surface area (Å²) in [5.41, 5.74) is 5.53. The van der Waals surface area contributed by atoms with Gasteiger partial charge in [0, 0.05) is 31.7 Å². The van der Waals surface area contributed by atoms with Crippen molar-refractivity contribution in [3.63, 3.8) is 0 Å². The summed E-state index contributed by atoms with van der Waals surface area (Å²) in [6.45, 7) is 4.74. The Hall–Kier alpha value is -1.39. The largest absolute Gasteiger partial charge is 0.366 e. The number of nitrogens with one attached hydrogen (secondary N) is 1. The van der Waals surface area contributed by atoms with Gasteiger partial charge in [-0.15, -0.1) is 0 Å². The van der Waals surface area contributed by atoms with Gasteiger partial charge in [-0.25, -0.2) is 0 Å². The fourth-order valence-electron chi connectivity index (χ4n) is 1.38. The predicted molar refractivity (Wildman–Crippen MR) is 65.3 cm³/mol. The molecule has 1 aliphatic heterocycles. The molecular weight excluding hydrogens is 202 g/mol. The molecule has 1 saturated heterocycles. The molecule has 0 saturated carbocycles. The number of carbonyl (C=O) groups excluding carboxylic acids is 1. The van der Waals surface area contributed by atoms with Gasteiger partial charge in [-0.05, 0) is 19.2 Å². The van der Waals surface area contributed by atoms with Gasteiger partial charge in [0.15, 0.2) is 0 Å². The number of primary amides is 1. The molecule has 0 aromatic heterocycles. The molecule has 4 heteroatoms. The molecule has 1 fully saturated rings. The van der Waals surface area contributed by atoms with Crippen molar-refractivity contribution in [1.29, 1.82) is 0 Å². The zero-order chi connectivity index (χ0) is 11.8. The third-order valence-electron chi connectivity index (χ3n) is 2.40. The van der Waals surface area contributed by atoms with Crippen molar-refractivity contribution in [3.8, 4) is 0 Å². The lowest BCUT2D eigenvalue weighted by molar-refractivity contribution is 0.100. The van der Waals surface area contributed by atoms with E-state index in [1.54, 1.807) is 24.3 Å². The molecule has 1 aromatic carbocycles. The molecule has 0 bridgehead atoms. The molecule has 88 valence electrons. The van der Waals surface area contributed by atoms with Crippen molar-refractivity contribution in [2.75, 3.05) is 33.2 Å². The second kappa shape index (κ2) is 6.98. The van der Waals surface area contributed by atoms with Crippen molar-refractivity contribution in [1.82, 2.24) is 10.2 Å². The maximum Gasteiger partial charge on any atom is 0.248 e. The zero-order valence-corrected chi connectivity index (χ0v) is 9.65. The molecule has 1 heterocycles. The summed E-state index contributed by atoms with van der Waals surface area (Å²) >= 11 is 0. The van der Waals surface area contributed by atoms with Gasteiger partial charge in [-0.2, -0.15) is 0 Å². The summed E-state index contributed by atoms with van der Waals surface area (Å²) < 4.78 is 0. The van der Waals surface area contributed by atoms with Crippen LogP contribution in [0.25, 0.3) is 0 Å². The van der Waals surface area contributed by atoms with E-state index in [0.29, 0.717) is 5.56 Å². The lowest BCUT2D eigenvalue weighted by Crippen LogP contribution is -2.40. The fourth-order valence-corrected chi connectivity index (χ4v) is 1.38. The molecule has 3 N–H and O–H groups in total. The highest BCUT2D eigenvalue weighted by atomic mass is 16.1. The Morgan fingerprint density at radius 3 is 2.12 bits per heavy atom.